The fourth-order valence-corrected chi connectivity index (χ4v) is 2.28. The van der Waals surface area contributed by atoms with Crippen LogP contribution < -0.4 is 5.32 Å². The third kappa shape index (κ3) is 5.61. The Hall–Kier alpha value is -3.27. The Labute approximate surface area is 161 Å². The van der Waals surface area contributed by atoms with Gasteiger partial charge in [-0.05, 0) is 30.3 Å². The lowest BCUT2D eigenvalue weighted by Gasteiger charge is -2.08. The van der Waals surface area contributed by atoms with E-state index in [-0.39, 0.29) is 11.1 Å². The average Bonchev–Trinajstić information content (AvgIpc) is 2.66. The van der Waals surface area contributed by atoms with Crippen LogP contribution in [0.2, 0.25) is 0 Å². The van der Waals surface area contributed by atoms with Crippen LogP contribution in [0, 0.1) is 10.1 Å². The van der Waals surface area contributed by atoms with Gasteiger partial charge in [0.15, 0.2) is 6.61 Å². The van der Waals surface area contributed by atoms with E-state index in [4.69, 9.17) is 4.74 Å². The summed E-state index contributed by atoms with van der Waals surface area (Å²) >= 11 is 3.26. The molecule has 0 saturated carbocycles. The van der Waals surface area contributed by atoms with Crippen molar-refractivity contribution in [3.63, 3.8) is 0 Å². The van der Waals surface area contributed by atoms with E-state index in [0.717, 1.165) is 29.8 Å². The number of carbonyl (C=O) groups excluding carboxylic acids is 3. The van der Waals surface area contributed by atoms with Crippen LogP contribution >= 0.6 is 15.9 Å². The first-order valence-corrected chi connectivity index (χ1v) is 8.20. The van der Waals surface area contributed by atoms with Gasteiger partial charge in [-0.25, -0.2) is 9.59 Å². The average molecular weight is 437 g/mol. The van der Waals surface area contributed by atoms with Gasteiger partial charge in [0.2, 0.25) is 0 Å². The van der Waals surface area contributed by atoms with Crippen LogP contribution in [0.3, 0.4) is 0 Å². The third-order valence-corrected chi connectivity index (χ3v) is 3.78. The van der Waals surface area contributed by atoms with E-state index < -0.39 is 35.1 Å². The standard InChI is InChI=1S/C17H13BrN2O7/c1-26-16(22)10-6-11(8-14(7-10)20(24)25)17(23)27-9-15(21)19-13-4-2-12(18)3-5-13/h2-8H,9H2,1H3,(H,19,21). The largest absolute Gasteiger partial charge is 0.465 e. The summed E-state index contributed by atoms with van der Waals surface area (Å²) in [6.07, 6.45) is 0. The van der Waals surface area contributed by atoms with Gasteiger partial charge in [-0.3, -0.25) is 14.9 Å². The van der Waals surface area contributed by atoms with Gasteiger partial charge in [-0.1, -0.05) is 15.9 Å². The summed E-state index contributed by atoms with van der Waals surface area (Å²) in [4.78, 5) is 45.7. The topological polar surface area (TPSA) is 125 Å². The van der Waals surface area contributed by atoms with E-state index in [1.807, 2.05) is 0 Å². The van der Waals surface area contributed by atoms with Crippen LogP contribution in [0.4, 0.5) is 11.4 Å². The van der Waals surface area contributed by atoms with Gasteiger partial charge in [0, 0.05) is 22.3 Å². The molecule has 0 aromatic heterocycles. The number of ether oxygens (including phenoxy) is 2. The molecule has 0 spiro atoms. The SMILES string of the molecule is COC(=O)c1cc(C(=O)OCC(=O)Nc2ccc(Br)cc2)cc([N+](=O)[O-])c1. The second-order valence-corrected chi connectivity index (χ2v) is 6.06. The zero-order valence-corrected chi connectivity index (χ0v) is 15.5. The Bertz CT molecular complexity index is 897. The minimum Gasteiger partial charge on any atom is -0.465 e. The van der Waals surface area contributed by atoms with E-state index in [0.29, 0.717) is 5.69 Å². The lowest BCUT2D eigenvalue weighted by molar-refractivity contribution is -0.384. The lowest BCUT2D eigenvalue weighted by atomic mass is 10.1. The molecule has 0 saturated heterocycles. The maximum absolute atomic E-state index is 12.1. The Morgan fingerprint density at radius 2 is 1.67 bits per heavy atom. The molecule has 0 unspecified atom stereocenters. The molecule has 0 atom stereocenters. The fourth-order valence-electron chi connectivity index (χ4n) is 2.01. The quantitative estimate of drug-likeness (QED) is 0.419. The van der Waals surface area contributed by atoms with Crippen molar-refractivity contribution in [2.45, 2.75) is 0 Å². The maximum Gasteiger partial charge on any atom is 0.338 e. The van der Waals surface area contributed by atoms with Crippen LogP contribution in [0.15, 0.2) is 46.9 Å². The van der Waals surface area contributed by atoms with Crippen molar-refractivity contribution < 1.29 is 28.8 Å². The summed E-state index contributed by atoms with van der Waals surface area (Å²) in [5, 5.41) is 13.5. The number of anilines is 1. The van der Waals surface area contributed by atoms with Crippen molar-refractivity contribution in [2.24, 2.45) is 0 Å². The van der Waals surface area contributed by atoms with Crippen molar-refractivity contribution in [3.8, 4) is 0 Å². The molecule has 0 aliphatic carbocycles. The molecule has 140 valence electrons. The molecule has 2 rings (SSSR count). The summed E-state index contributed by atoms with van der Waals surface area (Å²) in [7, 11) is 1.10. The van der Waals surface area contributed by atoms with Crippen LogP contribution in [0.25, 0.3) is 0 Å². The number of nitro benzene ring substituents is 1. The molecular weight excluding hydrogens is 424 g/mol. The minimum absolute atomic E-state index is 0.182. The van der Waals surface area contributed by atoms with Gasteiger partial charge in [0.25, 0.3) is 11.6 Å². The molecule has 0 radical (unpaired) electrons. The molecule has 0 heterocycles. The molecular formula is C17H13BrN2O7. The maximum atomic E-state index is 12.1. The highest BCUT2D eigenvalue weighted by atomic mass is 79.9. The second-order valence-electron chi connectivity index (χ2n) is 5.15. The third-order valence-electron chi connectivity index (χ3n) is 3.25. The first-order valence-electron chi connectivity index (χ1n) is 7.40. The second kappa shape index (κ2) is 8.90. The molecule has 0 aliphatic rings. The molecule has 27 heavy (non-hydrogen) atoms. The Balaban J connectivity index is 2.07. The number of esters is 2. The number of nitrogens with one attached hydrogen (secondary N) is 1. The molecule has 0 aliphatic heterocycles. The van der Waals surface area contributed by atoms with Gasteiger partial charge in [-0.2, -0.15) is 0 Å². The molecule has 1 amide bonds. The molecule has 9 nitrogen and oxygen atoms in total. The summed E-state index contributed by atoms with van der Waals surface area (Å²) in [5.74, 6) is -2.43. The summed E-state index contributed by atoms with van der Waals surface area (Å²) < 4.78 is 10.2. The number of nitrogens with zero attached hydrogens (tertiary/aromatic N) is 1. The Kier molecular flexibility index (Phi) is 6.61. The zero-order chi connectivity index (χ0) is 20.0. The van der Waals surface area contributed by atoms with Crippen molar-refractivity contribution in [2.75, 3.05) is 19.0 Å². The highest BCUT2D eigenvalue weighted by Gasteiger charge is 2.20. The number of halogens is 1. The van der Waals surface area contributed by atoms with Gasteiger partial charge in [-0.15, -0.1) is 0 Å². The smallest absolute Gasteiger partial charge is 0.338 e. The van der Waals surface area contributed by atoms with Crippen molar-refractivity contribution >= 4 is 45.2 Å². The van der Waals surface area contributed by atoms with Crippen LogP contribution in [-0.4, -0.2) is 36.5 Å². The van der Waals surface area contributed by atoms with E-state index in [1.165, 1.54) is 0 Å². The fraction of sp³-hybridized carbons (Fsp3) is 0.118. The van der Waals surface area contributed by atoms with Crippen LogP contribution in [0.5, 0.6) is 0 Å². The summed E-state index contributed by atoms with van der Waals surface area (Å²) in [6, 6.07) is 9.75. The van der Waals surface area contributed by atoms with Crippen molar-refractivity contribution in [1.82, 2.24) is 0 Å². The van der Waals surface area contributed by atoms with Crippen LogP contribution in [-0.2, 0) is 14.3 Å². The zero-order valence-electron chi connectivity index (χ0n) is 13.9. The van der Waals surface area contributed by atoms with Gasteiger partial charge in [0.05, 0.1) is 23.2 Å². The highest BCUT2D eigenvalue weighted by Crippen LogP contribution is 2.19. The first kappa shape index (κ1) is 20.0. The Morgan fingerprint density at radius 3 is 2.22 bits per heavy atom. The van der Waals surface area contributed by atoms with E-state index in [1.54, 1.807) is 24.3 Å². The number of non-ortho nitro benzene ring substituents is 1. The minimum atomic E-state index is -0.991. The van der Waals surface area contributed by atoms with E-state index in [2.05, 4.69) is 26.0 Å². The monoisotopic (exact) mass is 436 g/mol. The number of rotatable bonds is 6. The number of nitro groups is 1. The predicted molar refractivity (Wildman–Crippen MR) is 97.5 cm³/mol. The number of hydrogen-bond acceptors (Lipinski definition) is 7. The van der Waals surface area contributed by atoms with Gasteiger partial charge < -0.3 is 14.8 Å². The molecule has 2 aromatic rings. The highest BCUT2D eigenvalue weighted by molar-refractivity contribution is 9.10. The number of carbonyl (C=O) groups is 3. The molecule has 2 aromatic carbocycles. The predicted octanol–water partition coefficient (Wildman–Crippen LogP) is 2.94. The first-order chi connectivity index (χ1) is 12.8. The van der Waals surface area contributed by atoms with E-state index >= 15 is 0 Å². The van der Waals surface area contributed by atoms with Crippen molar-refractivity contribution in [3.05, 3.63) is 68.2 Å². The van der Waals surface area contributed by atoms with E-state index in [9.17, 15) is 24.5 Å². The molecule has 1 N–H and O–H groups in total. The van der Waals surface area contributed by atoms with Crippen LogP contribution in [0.1, 0.15) is 20.7 Å². The summed E-state index contributed by atoms with van der Waals surface area (Å²) in [6.45, 7) is -0.606. The number of hydrogen-bond donors (Lipinski definition) is 1. The van der Waals surface area contributed by atoms with Gasteiger partial charge >= 0.3 is 11.9 Å². The molecule has 0 fully saturated rings. The normalized spacial score (nSPS) is 10.0. The Morgan fingerprint density at radius 1 is 1.07 bits per heavy atom. The number of benzene rings is 2. The molecule has 0 bridgehead atoms. The number of amides is 1. The number of methoxy groups -OCH3 is 1. The molecule has 10 heteroatoms. The summed E-state index contributed by atoms with van der Waals surface area (Å²) in [5.41, 5.74) is -0.411. The lowest BCUT2D eigenvalue weighted by Crippen LogP contribution is -2.21. The van der Waals surface area contributed by atoms with Crippen molar-refractivity contribution in [1.29, 1.82) is 0 Å². The van der Waals surface area contributed by atoms with Gasteiger partial charge in [0.1, 0.15) is 0 Å².